The van der Waals surface area contributed by atoms with Gasteiger partial charge in [0.2, 0.25) is 0 Å². The molecule has 0 aromatic heterocycles. The molecule has 0 bridgehead atoms. The van der Waals surface area contributed by atoms with E-state index in [1.54, 1.807) is 60.7 Å². The maximum Gasteiger partial charge on any atom is -0.358 e. The van der Waals surface area contributed by atoms with Gasteiger partial charge >= 0.3 is 253 Å². The van der Waals surface area contributed by atoms with E-state index in [4.69, 9.17) is 4.08 Å². The quantitative estimate of drug-likeness (QED) is 0.108. The minimum absolute atomic E-state index is 0. The fourth-order valence-corrected chi connectivity index (χ4v) is 13.4. The van der Waals surface area contributed by atoms with Gasteiger partial charge in [-0.1, -0.05) is 0 Å². The average Bonchev–Trinajstić information content (AvgIpc) is 3.55. The molecule has 1 radical (unpaired) electrons. The monoisotopic (exact) mass is 1150 g/mol. The molecule has 4 aromatic carbocycles. The number of hydrogen-bond acceptors (Lipinski definition) is 5. The summed E-state index contributed by atoms with van der Waals surface area (Å²) in [6.45, 7) is 12.7. The van der Waals surface area contributed by atoms with Crippen molar-refractivity contribution < 1.29 is 73.1 Å². The molecular weight excluding hydrogens is 1110 g/mol. The summed E-state index contributed by atoms with van der Waals surface area (Å²) in [5, 5.41) is 3.44. The standard InChI is InChI=1S/C14H14ClO4P.C14H14IP.C4H8S.CH3.2Au/c1-20(2,19-15(16,17)18,13-9-5-3-6-10-13)14-11-7-4-8-12-14;1-16(2,15,13-9-5-3-6-10-13)14-11-7-4-8-12-14;1-2-4-5-3-1;;;/h3-12H,1-2H2;3-12H,1-2H2;1-4H2;1H3;;/q2*-2;;-1;;+3. The van der Waals surface area contributed by atoms with Crippen LogP contribution in [0.2, 0.25) is 0 Å². The second-order valence-electron chi connectivity index (χ2n) is 9.89. The van der Waals surface area contributed by atoms with E-state index >= 15 is 0 Å². The Morgan fingerprint density at radius 3 is 1.09 bits per heavy atom. The molecule has 1 fully saturated rings. The van der Waals surface area contributed by atoms with Crippen molar-refractivity contribution >= 4 is 66.1 Å². The molecule has 11 heteroatoms. The summed E-state index contributed by atoms with van der Waals surface area (Å²) >= 11 is 4.52. The van der Waals surface area contributed by atoms with E-state index < -0.39 is 21.3 Å². The van der Waals surface area contributed by atoms with Gasteiger partial charge in [0.1, 0.15) is 0 Å². The predicted molar refractivity (Wildman–Crippen MR) is 188 cm³/mol. The van der Waals surface area contributed by atoms with Gasteiger partial charge in [0.05, 0.1) is 0 Å². The van der Waals surface area contributed by atoms with Gasteiger partial charge in [-0.15, -0.1) is 0 Å². The smallest absolute Gasteiger partial charge is 0.358 e. The maximum absolute atomic E-state index is 11.1. The number of halogens is 2. The van der Waals surface area contributed by atoms with Gasteiger partial charge in [-0.3, -0.25) is 0 Å². The van der Waals surface area contributed by atoms with Crippen LogP contribution in [0.5, 0.6) is 0 Å². The zero-order valence-electron chi connectivity index (χ0n) is 24.5. The van der Waals surface area contributed by atoms with Crippen LogP contribution >= 0.6 is 44.9 Å². The van der Waals surface area contributed by atoms with E-state index in [9.17, 15) is 14.0 Å². The minimum atomic E-state index is -4.66. The van der Waals surface area contributed by atoms with Crippen molar-refractivity contribution in [3.05, 3.63) is 155 Å². The first-order valence-electron chi connectivity index (χ1n) is 12.8. The second kappa shape index (κ2) is 18.8. The molecule has 0 saturated carbocycles. The first-order chi connectivity index (χ1) is 19.2. The molecule has 4 aromatic rings. The van der Waals surface area contributed by atoms with E-state index in [0.29, 0.717) is 10.6 Å². The molecule has 0 atom stereocenters. The summed E-state index contributed by atoms with van der Waals surface area (Å²) in [6.07, 6.45) is 2.93. The van der Waals surface area contributed by atoms with Gasteiger partial charge < -0.3 is 7.43 Å². The molecule has 0 spiro atoms. The Balaban J connectivity index is 0.000000692. The van der Waals surface area contributed by atoms with Crippen LogP contribution in [0.3, 0.4) is 0 Å². The van der Waals surface area contributed by atoms with Crippen molar-refractivity contribution in [1.82, 2.24) is 0 Å². The molecule has 0 N–H and O–H groups in total. The summed E-state index contributed by atoms with van der Waals surface area (Å²) in [5.74, 6) is 2.83. The van der Waals surface area contributed by atoms with Gasteiger partial charge in [-0.2, -0.15) is 11.8 Å². The molecule has 249 valence electrons. The molecular formula is C33H39Au2ClIO4P2S-2. The normalized spacial score (nSPS) is 14.5. The second-order valence-corrected chi connectivity index (χ2v) is 27.0. The molecule has 0 amide bonds. The van der Waals surface area contributed by atoms with Crippen molar-refractivity contribution in [2.75, 3.05) is 11.5 Å². The van der Waals surface area contributed by atoms with Crippen LogP contribution in [0.4, 0.5) is 0 Å². The third kappa shape index (κ3) is 12.5. The molecule has 0 aliphatic carbocycles. The van der Waals surface area contributed by atoms with E-state index in [2.05, 4.69) is 109 Å². The Kier molecular flexibility index (Phi) is 19.0. The molecule has 1 saturated heterocycles. The Morgan fingerprint density at radius 1 is 0.591 bits per heavy atom. The maximum atomic E-state index is 11.1. The van der Waals surface area contributed by atoms with Gasteiger partial charge in [-0.05, 0) is 24.3 Å². The van der Waals surface area contributed by atoms with Crippen LogP contribution < -0.4 is 35.2 Å². The predicted octanol–water partition coefficient (Wildman–Crippen LogP) is 5.69. The van der Waals surface area contributed by atoms with Crippen LogP contribution in [0.15, 0.2) is 121 Å². The van der Waals surface area contributed by atoms with Crippen LogP contribution in [-0.4, -0.2) is 11.5 Å². The van der Waals surface area contributed by atoms with E-state index in [-0.39, 0.29) is 52.2 Å². The van der Waals surface area contributed by atoms with Gasteiger partial charge in [0.25, 0.3) is 0 Å². The fourth-order valence-electron chi connectivity index (χ4n) is 4.18. The number of benzene rings is 4. The van der Waals surface area contributed by atoms with Crippen LogP contribution in [0, 0.1) is 44.3 Å². The summed E-state index contributed by atoms with van der Waals surface area (Å²) in [5.41, 5.74) is 0. The fraction of sp³-hybridized carbons (Fsp3) is 0.121. The first kappa shape index (κ1) is 44.4. The topological polar surface area (TPSA) is 78.4 Å². The number of rotatable bonds is 6. The summed E-state index contributed by atoms with van der Waals surface area (Å²) in [6, 6.07) is 37.8. The Bertz CT molecular complexity index is 1260. The van der Waals surface area contributed by atoms with E-state index in [0.717, 1.165) is 0 Å². The number of hydrogen-bond donors (Lipinski definition) is 0. The minimum Gasteiger partial charge on any atom is -0.358 e. The third-order valence-electron chi connectivity index (χ3n) is 6.49. The van der Waals surface area contributed by atoms with E-state index in [1.807, 2.05) is 12.1 Å². The molecule has 5 rings (SSSR count). The zero-order valence-corrected chi connectivity index (χ0v) is 34.4. The van der Waals surface area contributed by atoms with Crippen LogP contribution in [0.1, 0.15) is 12.8 Å². The largest absolute Gasteiger partial charge is 0.358 e. The van der Waals surface area contributed by atoms with Crippen molar-refractivity contribution in [3.63, 3.8) is 0 Å². The third-order valence-corrected chi connectivity index (χ3v) is 19.0. The Hall–Kier alpha value is 0.431. The van der Waals surface area contributed by atoms with Gasteiger partial charge in [0, 0.05) is 22.4 Å². The summed E-state index contributed by atoms with van der Waals surface area (Å²) < 4.78 is 35.9. The average molecular weight is 1150 g/mol. The van der Waals surface area contributed by atoms with Gasteiger partial charge in [0.15, 0.2) is 0 Å². The Morgan fingerprint density at radius 2 is 0.864 bits per heavy atom. The van der Waals surface area contributed by atoms with Crippen molar-refractivity contribution in [3.8, 4) is 0 Å². The molecule has 44 heavy (non-hydrogen) atoms. The molecule has 1 aliphatic heterocycles. The van der Waals surface area contributed by atoms with Crippen molar-refractivity contribution in [2.24, 2.45) is 0 Å². The van der Waals surface area contributed by atoms with Crippen LogP contribution in [0.25, 0.3) is 0 Å². The number of thioether (sulfide) groups is 1. The van der Waals surface area contributed by atoms with Gasteiger partial charge in [-0.25, -0.2) is 0 Å². The van der Waals surface area contributed by atoms with E-state index in [1.165, 1.54) is 35.0 Å². The SMILES string of the molecule is C1CCSC1.[Au+3].[Au].[CH2-]P([CH2-])(I)(c1ccccc1)c1ccccc1.[CH2-]P([CH2-])(O[Cl+3]([O-])([O-])[O-])(c1ccccc1)c1ccccc1.[CH3-]. The molecule has 4 nitrogen and oxygen atoms in total. The molecule has 1 aliphatic rings. The zero-order chi connectivity index (χ0) is 30.1. The molecule has 0 unspecified atom stereocenters. The molecule has 1 heterocycles. The van der Waals surface area contributed by atoms with Crippen molar-refractivity contribution in [1.29, 1.82) is 0 Å². The first-order valence-corrected chi connectivity index (χ1v) is 23.2. The van der Waals surface area contributed by atoms with Crippen LogP contribution in [-0.2, 0) is 48.8 Å². The van der Waals surface area contributed by atoms with Crippen molar-refractivity contribution in [2.45, 2.75) is 12.8 Å². The Labute approximate surface area is 315 Å². The summed E-state index contributed by atoms with van der Waals surface area (Å²) in [7, 11) is -4.66. The summed E-state index contributed by atoms with van der Waals surface area (Å²) in [4.78, 5) is 0.